The van der Waals surface area contributed by atoms with E-state index in [4.69, 9.17) is 23.4 Å². The van der Waals surface area contributed by atoms with Gasteiger partial charge in [0, 0.05) is 6.42 Å². The highest BCUT2D eigenvalue weighted by atomic mass is 16.7. The smallest absolute Gasteiger partial charge is 0.338 e. The summed E-state index contributed by atoms with van der Waals surface area (Å²) < 4.78 is 30.2. The molecule has 0 amide bonds. The number of fused-ring (bicyclic) bond motifs is 1. The van der Waals surface area contributed by atoms with Gasteiger partial charge in [0.1, 0.15) is 19.0 Å². The molecule has 0 aliphatic carbocycles. The van der Waals surface area contributed by atoms with E-state index in [0.717, 1.165) is 4.57 Å². The molecule has 12 nitrogen and oxygen atoms in total. The van der Waals surface area contributed by atoms with Crippen molar-refractivity contribution in [3.05, 3.63) is 130 Å². The molecule has 0 unspecified atom stereocenters. The lowest BCUT2D eigenvalue weighted by Gasteiger charge is -2.25. The third kappa shape index (κ3) is 6.22. The van der Waals surface area contributed by atoms with Gasteiger partial charge in [0.05, 0.1) is 16.7 Å². The van der Waals surface area contributed by atoms with Crippen molar-refractivity contribution in [1.82, 2.24) is 14.5 Å². The first-order valence-electron chi connectivity index (χ1n) is 14.2. The Morgan fingerprint density at radius 1 is 0.778 bits per heavy atom. The lowest BCUT2D eigenvalue weighted by molar-refractivity contribution is -0.0636. The van der Waals surface area contributed by atoms with Crippen LogP contribution in [0.25, 0.3) is 11.2 Å². The Labute approximate surface area is 256 Å². The standard InChI is InChI=1S/C33H27N3O9/c1-2-24-35-25-28(43-24)34-19-36(29(25)37)30-27(45-33(40)22-16-10-5-11-17-22)26(44-32(39)21-14-8-4-9-15-21)23(42-30)18-41-31(38)20-12-6-3-7-13-20/h3-17,19,23,26-27,30H,2,18H2,1H3/t23-,26-,27-,30-/m1/s1. The van der Waals surface area contributed by atoms with Gasteiger partial charge in [-0.3, -0.25) is 9.36 Å². The zero-order valence-corrected chi connectivity index (χ0v) is 24.0. The van der Waals surface area contributed by atoms with Gasteiger partial charge in [0.2, 0.25) is 0 Å². The van der Waals surface area contributed by atoms with E-state index >= 15 is 0 Å². The number of rotatable bonds is 9. The Balaban J connectivity index is 1.39. The van der Waals surface area contributed by atoms with E-state index in [9.17, 15) is 19.2 Å². The number of nitrogens with zero attached hydrogens (tertiary/aromatic N) is 3. The number of carbonyl (C=O) groups excluding carboxylic acids is 3. The minimum Gasteiger partial charge on any atom is -0.459 e. The zero-order valence-electron chi connectivity index (χ0n) is 24.0. The number of aromatic nitrogens is 3. The number of hydrogen-bond acceptors (Lipinski definition) is 11. The summed E-state index contributed by atoms with van der Waals surface area (Å²) in [6, 6.07) is 24.7. The van der Waals surface area contributed by atoms with Gasteiger partial charge in [-0.15, -0.1) is 0 Å². The predicted octanol–water partition coefficient (Wildman–Crippen LogP) is 4.15. The number of esters is 3. The number of carbonyl (C=O) groups is 3. The van der Waals surface area contributed by atoms with Crippen LogP contribution >= 0.6 is 0 Å². The van der Waals surface area contributed by atoms with E-state index in [1.54, 1.807) is 91.0 Å². The molecule has 12 heteroatoms. The molecule has 1 fully saturated rings. The van der Waals surface area contributed by atoms with E-state index in [2.05, 4.69) is 9.97 Å². The molecular formula is C33H27N3O9. The van der Waals surface area contributed by atoms with Crippen LogP contribution in [-0.4, -0.2) is 57.4 Å². The topological polar surface area (TPSA) is 149 Å². The predicted molar refractivity (Wildman–Crippen MR) is 157 cm³/mol. The normalized spacial score (nSPS) is 19.2. The number of aryl methyl sites for hydroxylation is 1. The van der Waals surface area contributed by atoms with Crippen LogP contribution in [0.15, 0.2) is 107 Å². The quantitative estimate of drug-likeness (QED) is 0.175. The van der Waals surface area contributed by atoms with Crippen molar-refractivity contribution >= 4 is 29.1 Å². The van der Waals surface area contributed by atoms with Gasteiger partial charge < -0.3 is 23.4 Å². The van der Waals surface area contributed by atoms with E-state index in [-0.39, 0.29) is 22.4 Å². The van der Waals surface area contributed by atoms with Crippen molar-refractivity contribution < 1.29 is 37.7 Å². The van der Waals surface area contributed by atoms with Gasteiger partial charge in [-0.2, -0.15) is 0 Å². The van der Waals surface area contributed by atoms with Crippen LogP contribution < -0.4 is 5.56 Å². The first-order valence-corrected chi connectivity index (χ1v) is 14.2. The van der Waals surface area contributed by atoms with Crippen LogP contribution in [0.2, 0.25) is 0 Å². The van der Waals surface area contributed by atoms with Crippen LogP contribution in [-0.2, 0) is 25.4 Å². The molecular weight excluding hydrogens is 582 g/mol. The van der Waals surface area contributed by atoms with E-state index < -0.39 is 54.6 Å². The maximum atomic E-state index is 13.6. The molecule has 6 rings (SSSR count). The molecule has 5 aromatic rings. The van der Waals surface area contributed by atoms with Crippen LogP contribution in [0.4, 0.5) is 0 Å². The first-order chi connectivity index (χ1) is 21.9. The minimum absolute atomic E-state index is 0.0318. The summed E-state index contributed by atoms with van der Waals surface area (Å²) in [6.45, 7) is 1.42. The Kier molecular flexibility index (Phi) is 8.47. The second kappa shape index (κ2) is 12.9. The SMILES string of the molecule is CCc1nc2c(=O)n([C@@H]3O[C@H](COC(=O)c4ccccc4)[C@@H](OC(=O)c4ccccc4)[C@H]3OC(=O)c3ccccc3)cnc2o1. The third-order valence-corrected chi connectivity index (χ3v) is 7.15. The molecule has 0 saturated carbocycles. The maximum absolute atomic E-state index is 13.6. The lowest BCUT2D eigenvalue weighted by Crippen LogP contribution is -2.42. The Hall–Kier alpha value is -5.62. The molecule has 1 saturated heterocycles. The Morgan fingerprint density at radius 3 is 1.87 bits per heavy atom. The summed E-state index contributed by atoms with van der Waals surface area (Å²) in [5.74, 6) is -1.83. The number of hydrogen-bond donors (Lipinski definition) is 0. The van der Waals surface area contributed by atoms with Crippen molar-refractivity contribution in [2.45, 2.75) is 37.9 Å². The number of benzene rings is 3. The number of oxazole rings is 1. The van der Waals surface area contributed by atoms with Gasteiger partial charge in [-0.05, 0) is 36.4 Å². The van der Waals surface area contributed by atoms with Gasteiger partial charge >= 0.3 is 17.9 Å². The summed E-state index contributed by atoms with van der Waals surface area (Å²) in [5, 5.41) is 0. The summed E-state index contributed by atoms with van der Waals surface area (Å²) in [5.41, 5.74) is 0.0782. The molecule has 1 aliphatic rings. The second-order valence-electron chi connectivity index (χ2n) is 10.1. The highest BCUT2D eigenvalue weighted by Crippen LogP contribution is 2.35. The average molecular weight is 610 g/mol. The largest absolute Gasteiger partial charge is 0.459 e. The molecule has 45 heavy (non-hydrogen) atoms. The fourth-order valence-corrected chi connectivity index (χ4v) is 4.89. The minimum atomic E-state index is -1.37. The molecule has 0 N–H and O–H groups in total. The molecule has 3 aromatic carbocycles. The van der Waals surface area contributed by atoms with Crippen LogP contribution in [0.1, 0.15) is 50.1 Å². The fraction of sp³-hybridized carbons (Fsp3) is 0.212. The van der Waals surface area contributed by atoms with E-state index in [1.165, 1.54) is 6.33 Å². The lowest BCUT2D eigenvalue weighted by atomic mass is 10.1. The molecule has 2 aromatic heterocycles. The van der Waals surface area contributed by atoms with Crippen molar-refractivity contribution in [1.29, 1.82) is 0 Å². The summed E-state index contributed by atoms with van der Waals surface area (Å²) in [6.07, 6.45) is -3.59. The molecule has 1 aliphatic heterocycles. The molecule has 0 bridgehead atoms. The van der Waals surface area contributed by atoms with Crippen molar-refractivity contribution in [2.75, 3.05) is 6.61 Å². The Morgan fingerprint density at radius 2 is 1.31 bits per heavy atom. The van der Waals surface area contributed by atoms with Gasteiger partial charge in [-0.25, -0.2) is 24.4 Å². The fourth-order valence-electron chi connectivity index (χ4n) is 4.89. The van der Waals surface area contributed by atoms with Crippen LogP contribution in [0.3, 0.4) is 0 Å². The third-order valence-electron chi connectivity index (χ3n) is 7.15. The number of ether oxygens (including phenoxy) is 4. The maximum Gasteiger partial charge on any atom is 0.338 e. The Bertz CT molecular complexity index is 1870. The zero-order chi connectivity index (χ0) is 31.3. The second-order valence-corrected chi connectivity index (χ2v) is 10.1. The summed E-state index contributed by atoms with van der Waals surface area (Å²) in [4.78, 5) is 61.6. The molecule has 3 heterocycles. The van der Waals surface area contributed by atoms with Crippen molar-refractivity contribution in [3.8, 4) is 0 Å². The molecule has 228 valence electrons. The van der Waals surface area contributed by atoms with Gasteiger partial charge in [0.15, 0.2) is 29.8 Å². The van der Waals surface area contributed by atoms with E-state index in [1.807, 2.05) is 6.92 Å². The highest BCUT2D eigenvalue weighted by Gasteiger charge is 2.52. The summed E-state index contributed by atoms with van der Waals surface area (Å²) >= 11 is 0. The highest BCUT2D eigenvalue weighted by molar-refractivity contribution is 5.91. The van der Waals surface area contributed by atoms with Crippen LogP contribution in [0.5, 0.6) is 0 Å². The van der Waals surface area contributed by atoms with Gasteiger partial charge in [-0.1, -0.05) is 61.5 Å². The van der Waals surface area contributed by atoms with E-state index in [0.29, 0.717) is 17.9 Å². The van der Waals surface area contributed by atoms with Crippen LogP contribution in [0, 0.1) is 0 Å². The average Bonchev–Trinajstić information content (AvgIpc) is 3.66. The monoisotopic (exact) mass is 609 g/mol. The molecule has 4 atom stereocenters. The summed E-state index contributed by atoms with van der Waals surface area (Å²) in [7, 11) is 0. The van der Waals surface area contributed by atoms with Crippen molar-refractivity contribution in [3.63, 3.8) is 0 Å². The van der Waals surface area contributed by atoms with Crippen molar-refractivity contribution in [2.24, 2.45) is 0 Å². The molecule has 0 radical (unpaired) electrons. The molecule has 0 spiro atoms. The first kappa shape index (κ1) is 29.5. The van der Waals surface area contributed by atoms with Gasteiger partial charge in [0.25, 0.3) is 11.3 Å².